The fourth-order valence-electron chi connectivity index (χ4n) is 5.74. The molecule has 4 heteroatoms. The summed E-state index contributed by atoms with van der Waals surface area (Å²) in [7, 11) is 0. The molecule has 4 heterocycles. The normalized spacial score (nSPS) is 24.5. The van der Waals surface area contributed by atoms with Crippen LogP contribution in [0.1, 0.15) is 34.1 Å². The van der Waals surface area contributed by atoms with E-state index in [0.717, 1.165) is 44.5 Å². The van der Waals surface area contributed by atoms with Crippen molar-refractivity contribution >= 4 is 16.8 Å². The molecule has 2 aromatic carbocycles. The summed E-state index contributed by atoms with van der Waals surface area (Å²) in [6.45, 7) is 4.31. The molecule has 28 heavy (non-hydrogen) atoms. The Morgan fingerprint density at radius 3 is 2.64 bits per heavy atom. The second kappa shape index (κ2) is 6.29. The molecule has 1 fully saturated rings. The van der Waals surface area contributed by atoms with Crippen LogP contribution in [0.5, 0.6) is 0 Å². The second-order valence-electron chi connectivity index (χ2n) is 8.38. The van der Waals surface area contributed by atoms with Crippen LogP contribution in [0.15, 0.2) is 54.6 Å². The van der Waals surface area contributed by atoms with Crippen LogP contribution in [0.2, 0.25) is 0 Å². The zero-order chi connectivity index (χ0) is 18.7. The third-order valence-corrected chi connectivity index (χ3v) is 7.01. The second-order valence-corrected chi connectivity index (χ2v) is 8.38. The predicted octanol–water partition coefficient (Wildman–Crippen LogP) is 3.51. The summed E-state index contributed by atoms with van der Waals surface area (Å²) in [5.74, 6) is 0.271. The molecule has 2 atom stereocenters. The first kappa shape index (κ1) is 16.5. The lowest BCUT2D eigenvalue weighted by molar-refractivity contribution is -0.00231. The summed E-state index contributed by atoms with van der Waals surface area (Å²) in [6, 6.07) is 19.9. The summed E-state index contributed by atoms with van der Waals surface area (Å²) in [4.78, 5) is 18.5. The molecule has 0 N–H and O–H groups in total. The van der Waals surface area contributed by atoms with Gasteiger partial charge in [-0.1, -0.05) is 48.5 Å². The molecule has 0 amide bonds. The van der Waals surface area contributed by atoms with Crippen molar-refractivity contribution in [2.45, 2.75) is 31.3 Å². The van der Waals surface area contributed by atoms with Crippen molar-refractivity contribution in [3.05, 3.63) is 71.4 Å². The van der Waals surface area contributed by atoms with Gasteiger partial charge in [-0.3, -0.25) is 19.2 Å². The lowest BCUT2D eigenvalue weighted by atomic mass is 9.85. The number of para-hydroxylation sites is 1. The molecule has 0 unspecified atom stereocenters. The van der Waals surface area contributed by atoms with Crippen molar-refractivity contribution < 1.29 is 4.79 Å². The Labute approximate surface area is 165 Å². The summed E-state index contributed by atoms with van der Waals surface area (Å²) >= 11 is 0. The van der Waals surface area contributed by atoms with E-state index >= 15 is 0 Å². The van der Waals surface area contributed by atoms with Crippen LogP contribution in [0.3, 0.4) is 0 Å². The molecule has 3 aliphatic rings. The van der Waals surface area contributed by atoms with Crippen LogP contribution in [0.4, 0.5) is 0 Å². The molecule has 1 saturated heterocycles. The molecular formula is C24H25N3O. The molecule has 0 saturated carbocycles. The van der Waals surface area contributed by atoms with E-state index in [2.05, 4.69) is 69.0 Å². The molecule has 3 aliphatic heterocycles. The van der Waals surface area contributed by atoms with E-state index in [1.807, 2.05) is 0 Å². The van der Waals surface area contributed by atoms with Crippen LogP contribution in [0, 0.1) is 0 Å². The Bertz CT molecular complexity index is 1050. The first-order valence-electron chi connectivity index (χ1n) is 10.5. The van der Waals surface area contributed by atoms with Crippen LogP contribution in [-0.4, -0.2) is 52.5 Å². The van der Waals surface area contributed by atoms with Crippen LogP contribution < -0.4 is 0 Å². The highest BCUT2D eigenvalue weighted by Crippen LogP contribution is 2.45. The van der Waals surface area contributed by atoms with Crippen molar-refractivity contribution in [2.75, 3.05) is 26.2 Å². The van der Waals surface area contributed by atoms with Gasteiger partial charge in [-0.2, -0.15) is 0 Å². The van der Waals surface area contributed by atoms with Crippen LogP contribution >= 0.6 is 0 Å². The highest BCUT2D eigenvalue weighted by Gasteiger charge is 2.47. The SMILES string of the molecule is O=C1C[C@@H]2[C@@H]3c4c(c5ccccc5n41)CCN3CCN2CCc1ccccc1. The number of hydrogen-bond acceptors (Lipinski definition) is 3. The highest BCUT2D eigenvalue weighted by atomic mass is 16.2. The van der Waals surface area contributed by atoms with Crippen LogP contribution in [0.25, 0.3) is 10.9 Å². The number of aromatic nitrogens is 1. The van der Waals surface area contributed by atoms with E-state index in [9.17, 15) is 4.79 Å². The van der Waals surface area contributed by atoms with E-state index in [-0.39, 0.29) is 5.91 Å². The third-order valence-electron chi connectivity index (χ3n) is 7.01. The topological polar surface area (TPSA) is 28.5 Å². The number of nitrogens with zero attached hydrogens (tertiary/aromatic N) is 3. The van der Waals surface area contributed by atoms with E-state index in [1.165, 1.54) is 22.2 Å². The highest BCUT2D eigenvalue weighted by molar-refractivity contribution is 5.97. The van der Waals surface area contributed by atoms with Crippen molar-refractivity contribution in [3.63, 3.8) is 0 Å². The van der Waals surface area contributed by atoms with Gasteiger partial charge in [0, 0.05) is 49.7 Å². The van der Waals surface area contributed by atoms with E-state index in [4.69, 9.17) is 0 Å². The lowest BCUT2D eigenvalue weighted by Gasteiger charge is -2.51. The minimum absolute atomic E-state index is 0.271. The van der Waals surface area contributed by atoms with Gasteiger partial charge in [0.1, 0.15) is 0 Å². The van der Waals surface area contributed by atoms with Gasteiger partial charge in [-0.15, -0.1) is 0 Å². The average Bonchev–Trinajstić information content (AvgIpc) is 3.09. The first-order chi connectivity index (χ1) is 13.8. The number of carbonyl (C=O) groups excluding carboxylic acids is 1. The lowest BCUT2D eigenvalue weighted by Crippen LogP contribution is -2.60. The van der Waals surface area contributed by atoms with Crippen LogP contribution in [-0.2, 0) is 12.8 Å². The molecule has 0 radical (unpaired) electrons. The smallest absolute Gasteiger partial charge is 0.233 e. The maximum atomic E-state index is 13.2. The van der Waals surface area contributed by atoms with E-state index in [0.29, 0.717) is 18.5 Å². The molecule has 1 aromatic heterocycles. The minimum atomic E-state index is 0.271. The number of rotatable bonds is 3. The quantitative estimate of drug-likeness (QED) is 0.705. The molecule has 0 aliphatic carbocycles. The van der Waals surface area contributed by atoms with Crippen molar-refractivity contribution in [2.24, 2.45) is 0 Å². The van der Waals surface area contributed by atoms with Gasteiger partial charge in [0.15, 0.2) is 0 Å². The molecule has 6 rings (SSSR count). The number of carbonyl (C=O) groups is 1. The predicted molar refractivity (Wildman–Crippen MR) is 111 cm³/mol. The molecule has 4 nitrogen and oxygen atoms in total. The summed E-state index contributed by atoms with van der Waals surface area (Å²) < 4.78 is 2.05. The zero-order valence-corrected chi connectivity index (χ0v) is 16.1. The summed E-state index contributed by atoms with van der Waals surface area (Å²) in [5, 5.41) is 1.28. The Hall–Kier alpha value is -2.43. The summed E-state index contributed by atoms with van der Waals surface area (Å²) in [5.41, 5.74) is 5.20. The third kappa shape index (κ3) is 2.34. The van der Waals surface area contributed by atoms with Gasteiger partial charge in [0.2, 0.25) is 5.91 Å². The Balaban J connectivity index is 1.39. The first-order valence-corrected chi connectivity index (χ1v) is 10.5. The molecular weight excluding hydrogens is 346 g/mol. The Morgan fingerprint density at radius 2 is 1.75 bits per heavy atom. The van der Waals surface area contributed by atoms with Gasteiger partial charge >= 0.3 is 0 Å². The van der Waals surface area contributed by atoms with Gasteiger partial charge < -0.3 is 0 Å². The molecule has 3 aromatic rings. The molecule has 0 spiro atoms. The minimum Gasteiger partial charge on any atom is -0.296 e. The van der Waals surface area contributed by atoms with E-state index < -0.39 is 0 Å². The van der Waals surface area contributed by atoms with Crippen molar-refractivity contribution in [1.29, 1.82) is 0 Å². The number of hydrogen-bond donors (Lipinski definition) is 0. The van der Waals surface area contributed by atoms with Gasteiger partial charge in [-0.25, -0.2) is 0 Å². The Kier molecular flexibility index (Phi) is 3.71. The Morgan fingerprint density at radius 1 is 0.929 bits per heavy atom. The molecule has 142 valence electrons. The number of benzene rings is 2. The van der Waals surface area contributed by atoms with Crippen molar-refractivity contribution in [3.8, 4) is 0 Å². The summed E-state index contributed by atoms with van der Waals surface area (Å²) in [6.07, 6.45) is 2.73. The fraction of sp³-hybridized carbons (Fsp3) is 0.375. The molecule has 0 bridgehead atoms. The maximum absolute atomic E-state index is 13.2. The monoisotopic (exact) mass is 371 g/mol. The standard InChI is InChI=1S/C24H25N3O/c28-22-16-21-24-23-19(18-8-4-5-9-20(18)27(22)23)11-13-26(24)15-14-25(21)12-10-17-6-2-1-3-7-17/h1-9,21,24H,10-16H2/t21-,24-/m1/s1. The zero-order valence-electron chi connectivity index (χ0n) is 16.1. The average molecular weight is 371 g/mol. The number of piperazine rings is 1. The van der Waals surface area contributed by atoms with Gasteiger partial charge in [0.25, 0.3) is 0 Å². The number of fused-ring (bicyclic) bond motifs is 3. The maximum Gasteiger partial charge on any atom is 0.233 e. The fourth-order valence-corrected chi connectivity index (χ4v) is 5.74. The van der Waals surface area contributed by atoms with E-state index in [1.54, 1.807) is 0 Å². The van der Waals surface area contributed by atoms with Crippen molar-refractivity contribution in [1.82, 2.24) is 14.4 Å². The largest absolute Gasteiger partial charge is 0.296 e. The van der Waals surface area contributed by atoms with Gasteiger partial charge in [0.05, 0.1) is 11.6 Å². The van der Waals surface area contributed by atoms with Gasteiger partial charge in [-0.05, 0) is 30.0 Å².